The zero-order valence-electron chi connectivity index (χ0n) is 11.1. The highest BCUT2D eigenvalue weighted by atomic mass is 35.5. The fraction of sp³-hybridized carbons (Fsp3) is 0.462. The van der Waals surface area contributed by atoms with E-state index >= 15 is 0 Å². The fourth-order valence-corrected chi connectivity index (χ4v) is 2.82. The van der Waals surface area contributed by atoms with E-state index in [2.05, 4.69) is 41.5 Å². The molecule has 6 heteroatoms. The Kier molecular flexibility index (Phi) is 5.22. The van der Waals surface area contributed by atoms with Gasteiger partial charge in [-0.2, -0.15) is 0 Å². The van der Waals surface area contributed by atoms with Crippen LogP contribution in [0.4, 0.5) is 0 Å². The van der Waals surface area contributed by atoms with Gasteiger partial charge in [-0.25, -0.2) is 4.68 Å². The summed E-state index contributed by atoms with van der Waals surface area (Å²) in [5.74, 6) is 1.75. The average molecular weight is 297 g/mol. The average Bonchev–Trinajstić information content (AvgIpc) is 2.85. The Balaban J connectivity index is 1.94. The minimum atomic E-state index is 0.393. The summed E-state index contributed by atoms with van der Waals surface area (Å²) in [4.78, 5) is 0. The Morgan fingerprint density at radius 3 is 2.74 bits per heavy atom. The number of aromatic nitrogens is 4. The number of hydrogen-bond acceptors (Lipinski definition) is 4. The van der Waals surface area contributed by atoms with E-state index in [1.165, 1.54) is 5.56 Å². The van der Waals surface area contributed by atoms with Gasteiger partial charge in [0.05, 0.1) is 5.75 Å². The lowest BCUT2D eigenvalue weighted by atomic mass is 10.2. The number of nitrogens with zero attached hydrogens (tertiary/aromatic N) is 4. The Morgan fingerprint density at radius 1 is 1.32 bits per heavy atom. The van der Waals surface area contributed by atoms with Gasteiger partial charge < -0.3 is 0 Å². The number of benzene rings is 1. The summed E-state index contributed by atoms with van der Waals surface area (Å²) in [5.41, 5.74) is 1.27. The highest BCUT2D eigenvalue weighted by Crippen LogP contribution is 2.30. The molecule has 0 spiro atoms. The maximum absolute atomic E-state index is 5.89. The molecule has 0 aliphatic heterocycles. The van der Waals surface area contributed by atoms with Gasteiger partial charge >= 0.3 is 0 Å². The predicted molar refractivity (Wildman–Crippen MR) is 79.3 cm³/mol. The van der Waals surface area contributed by atoms with Crippen molar-refractivity contribution in [3.63, 3.8) is 0 Å². The van der Waals surface area contributed by atoms with Crippen molar-refractivity contribution in [1.29, 1.82) is 0 Å². The van der Waals surface area contributed by atoms with Gasteiger partial charge in [0.2, 0.25) is 0 Å². The van der Waals surface area contributed by atoms with E-state index in [4.69, 9.17) is 11.6 Å². The predicted octanol–water partition coefficient (Wildman–Crippen LogP) is 3.73. The lowest BCUT2D eigenvalue weighted by Crippen LogP contribution is -2.04. The van der Waals surface area contributed by atoms with Gasteiger partial charge in [-0.15, -0.1) is 16.9 Å². The molecule has 1 atom stereocenters. The van der Waals surface area contributed by atoms with Gasteiger partial charge in [-0.1, -0.05) is 30.7 Å². The normalized spacial score (nSPS) is 12.6. The summed E-state index contributed by atoms with van der Waals surface area (Å²) in [6.45, 7) is 5.18. The summed E-state index contributed by atoms with van der Waals surface area (Å²) < 4.78 is 1.88. The zero-order chi connectivity index (χ0) is 13.7. The molecule has 4 nitrogen and oxygen atoms in total. The number of hydrogen-bond donors (Lipinski definition) is 0. The number of rotatable bonds is 6. The molecule has 0 aliphatic carbocycles. The van der Waals surface area contributed by atoms with Crippen LogP contribution in [-0.2, 0) is 12.3 Å². The van der Waals surface area contributed by atoms with E-state index in [-0.39, 0.29) is 0 Å². The Morgan fingerprint density at radius 2 is 2.05 bits per heavy atom. The molecule has 2 aromatic rings. The first kappa shape index (κ1) is 14.3. The molecular weight excluding hydrogens is 280 g/mol. The molecule has 102 valence electrons. The standard InChI is InChI=1S/C13H17ClN4S/c1-3-8-18-13(15-16-17-18)9-19-10(2)11-4-6-12(14)7-5-11/h4-7,10H,3,8-9H2,1-2H3. The second-order valence-electron chi connectivity index (χ2n) is 4.32. The fourth-order valence-electron chi connectivity index (χ4n) is 1.74. The minimum Gasteiger partial charge on any atom is -0.229 e. The molecule has 0 saturated carbocycles. The van der Waals surface area contributed by atoms with Crippen LogP contribution in [0, 0.1) is 0 Å². The topological polar surface area (TPSA) is 43.6 Å². The summed E-state index contributed by atoms with van der Waals surface area (Å²) in [6.07, 6.45) is 1.04. The van der Waals surface area contributed by atoms with Crippen molar-refractivity contribution in [1.82, 2.24) is 20.2 Å². The van der Waals surface area contributed by atoms with Gasteiger partial charge in [0.15, 0.2) is 5.82 Å². The number of aryl methyl sites for hydroxylation is 1. The number of halogens is 1. The van der Waals surface area contributed by atoms with Crippen molar-refractivity contribution in [2.45, 2.75) is 37.8 Å². The van der Waals surface area contributed by atoms with Gasteiger partial charge in [-0.05, 0) is 41.5 Å². The van der Waals surface area contributed by atoms with Crippen LogP contribution in [0.25, 0.3) is 0 Å². The number of thioether (sulfide) groups is 1. The third kappa shape index (κ3) is 3.94. The van der Waals surface area contributed by atoms with Crippen molar-refractivity contribution in [3.05, 3.63) is 40.7 Å². The van der Waals surface area contributed by atoms with Crippen LogP contribution in [0.1, 0.15) is 36.9 Å². The molecule has 1 aromatic heterocycles. The molecule has 1 heterocycles. The second-order valence-corrected chi connectivity index (χ2v) is 6.09. The SMILES string of the molecule is CCCn1nnnc1CSC(C)c1ccc(Cl)cc1. The molecule has 0 fully saturated rings. The Bertz CT molecular complexity index is 512. The maximum atomic E-state index is 5.89. The highest BCUT2D eigenvalue weighted by molar-refractivity contribution is 7.98. The Hall–Kier alpha value is -1.07. The molecular formula is C13H17ClN4S. The maximum Gasteiger partial charge on any atom is 0.161 e. The molecule has 1 unspecified atom stereocenters. The minimum absolute atomic E-state index is 0.393. The second kappa shape index (κ2) is 6.91. The van der Waals surface area contributed by atoms with E-state index in [0.29, 0.717) is 5.25 Å². The molecule has 2 rings (SSSR count). The van der Waals surface area contributed by atoms with Crippen molar-refractivity contribution in [2.75, 3.05) is 0 Å². The largest absolute Gasteiger partial charge is 0.229 e. The van der Waals surface area contributed by atoms with E-state index < -0.39 is 0 Å². The van der Waals surface area contributed by atoms with Crippen molar-refractivity contribution >= 4 is 23.4 Å². The number of tetrazole rings is 1. The van der Waals surface area contributed by atoms with Crippen LogP contribution in [0.15, 0.2) is 24.3 Å². The van der Waals surface area contributed by atoms with Crippen molar-refractivity contribution in [2.24, 2.45) is 0 Å². The van der Waals surface area contributed by atoms with Crippen LogP contribution in [0.2, 0.25) is 5.02 Å². The van der Waals surface area contributed by atoms with Gasteiger partial charge in [-0.3, -0.25) is 0 Å². The molecule has 19 heavy (non-hydrogen) atoms. The van der Waals surface area contributed by atoms with Gasteiger partial charge in [0.25, 0.3) is 0 Å². The summed E-state index contributed by atoms with van der Waals surface area (Å²) in [5, 5.41) is 13.0. The van der Waals surface area contributed by atoms with Crippen LogP contribution in [-0.4, -0.2) is 20.2 Å². The van der Waals surface area contributed by atoms with Crippen LogP contribution in [0.3, 0.4) is 0 Å². The van der Waals surface area contributed by atoms with Crippen LogP contribution < -0.4 is 0 Å². The van der Waals surface area contributed by atoms with Crippen molar-refractivity contribution < 1.29 is 0 Å². The van der Waals surface area contributed by atoms with E-state index in [0.717, 1.165) is 29.6 Å². The first-order valence-corrected chi connectivity index (χ1v) is 7.75. The van der Waals surface area contributed by atoms with Gasteiger partial charge in [0, 0.05) is 16.8 Å². The van der Waals surface area contributed by atoms with E-state index in [1.807, 2.05) is 28.6 Å². The quantitative estimate of drug-likeness (QED) is 0.814. The van der Waals surface area contributed by atoms with Crippen LogP contribution in [0.5, 0.6) is 0 Å². The molecule has 0 bridgehead atoms. The van der Waals surface area contributed by atoms with E-state index in [1.54, 1.807) is 0 Å². The lowest BCUT2D eigenvalue weighted by Gasteiger charge is -2.11. The summed E-state index contributed by atoms with van der Waals surface area (Å²) >= 11 is 7.72. The third-order valence-electron chi connectivity index (χ3n) is 2.84. The smallest absolute Gasteiger partial charge is 0.161 e. The summed E-state index contributed by atoms with van der Waals surface area (Å²) in [6, 6.07) is 7.98. The highest BCUT2D eigenvalue weighted by Gasteiger charge is 2.10. The van der Waals surface area contributed by atoms with Gasteiger partial charge in [0.1, 0.15) is 0 Å². The van der Waals surface area contributed by atoms with Crippen LogP contribution >= 0.6 is 23.4 Å². The zero-order valence-corrected chi connectivity index (χ0v) is 12.7. The first-order chi connectivity index (χ1) is 9.20. The monoisotopic (exact) mass is 296 g/mol. The molecule has 0 N–H and O–H groups in total. The first-order valence-electron chi connectivity index (χ1n) is 6.32. The van der Waals surface area contributed by atoms with E-state index in [9.17, 15) is 0 Å². The molecule has 1 aromatic carbocycles. The molecule has 0 amide bonds. The Labute approximate surface area is 122 Å². The molecule has 0 aliphatic rings. The third-order valence-corrected chi connectivity index (χ3v) is 4.29. The van der Waals surface area contributed by atoms with Crippen molar-refractivity contribution in [3.8, 4) is 0 Å². The molecule has 0 saturated heterocycles. The molecule has 0 radical (unpaired) electrons. The summed E-state index contributed by atoms with van der Waals surface area (Å²) in [7, 11) is 0. The lowest BCUT2D eigenvalue weighted by molar-refractivity contribution is 0.564.